The van der Waals surface area contributed by atoms with Crippen LogP contribution in [0.3, 0.4) is 0 Å². The Balaban J connectivity index is 1.75. The molecule has 2 aromatic rings. The number of hydrogen-bond acceptors (Lipinski definition) is 5. The van der Waals surface area contributed by atoms with Crippen LogP contribution in [0.2, 0.25) is 10.0 Å². The Labute approximate surface area is 195 Å². The molecule has 0 spiro atoms. The summed E-state index contributed by atoms with van der Waals surface area (Å²) in [5, 5.41) is -0.272. The average molecular weight is 500 g/mol. The summed E-state index contributed by atoms with van der Waals surface area (Å²) in [4.78, 5) is 21.2. The predicted molar refractivity (Wildman–Crippen MR) is 125 cm³/mol. The van der Waals surface area contributed by atoms with Gasteiger partial charge in [0.2, 0.25) is 0 Å². The summed E-state index contributed by atoms with van der Waals surface area (Å²) in [5.41, 5.74) is 5.48. The Kier molecular flexibility index (Phi) is 5.63. The van der Waals surface area contributed by atoms with Crippen LogP contribution >= 0.6 is 23.2 Å². The van der Waals surface area contributed by atoms with Crippen molar-refractivity contribution in [2.75, 3.05) is 6.67 Å². The standard InChI is InChI=1S/C22H21Cl2F2N3O2S/c1-21(18-5-6-22(11-25,20(27)29-21)32(18,2)31)14-7-12(3-4-16(14)26)8-17(30)19-15(24)9-13(23)10-28-19/h3-4,7,9-10,18H,2,5-6,8,11H2,1H3,(H2,27,29)/t18?,21-,22+,32?/m1/s1. The molecule has 3 heterocycles. The largest absolute Gasteiger partial charge is 0.386 e. The Morgan fingerprint density at radius 2 is 2.09 bits per heavy atom. The zero-order valence-electron chi connectivity index (χ0n) is 17.2. The molecule has 0 radical (unpaired) electrons. The number of aliphatic imine (C=N–C) groups is 1. The number of alkyl halides is 1. The number of fused-ring (bicyclic) bond motifs is 2. The molecule has 32 heavy (non-hydrogen) atoms. The molecule has 2 bridgehead atoms. The number of ketones is 1. The topological polar surface area (TPSA) is 85.4 Å². The van der Waals surface area contributed by atoms with Gasteiger partial charge in [-0.05, 0) is 58.9 Å². The average Bonchev–Trinajstić information content (AvgIpc) is 2.92. The van der Waals surface area contributed by atoms with Gasteiger partial charge in [-0.2, -0.15) is 0 Å². The zero-order chi connectivity index (χ0) is 23.5. The first-order valence-corrected chi connectivity index (χ1v) is 12.4. The van der Waals surface area contributed by atoms with E-state index >= 15 is 4.39 Å². The van der Waals surface area contributed by atoms with Crippen molar-refractivity contribution < 1.29 is 17.8 Å². The third-order valence-electron chi connectivity index (χ3n) is 6.61. The summed E-state index contributed by atoms with van der Waals surface area (Å²) in [6, 6.07) is 5.62. The lowest BCUT2D eigenvalue weighted by Gasteiger charge is -2.42. The van der Waals surface area contributed by atoms with Crippen molar-refractivity contribution in [3.05, 3.63) is 63.1 Å². The second-order valence-corrected chi connectivity index (χ2v) is 12.1. The minimum atomic E-state index is -3.06. The normalized spacial score (nSPS) is 31.4. The van der Waals surface area contributed by atoms with Crippen molar-refractivity contribution >= 4 is 50.2 Å². The molecular weight excluding hydrogens is 479 g/mol. The fourth-order valence-corrected chi connectivity index (χ4v) is 8.30. The van der Waals surface area contributed by atoms with Gasteiger partial charge in [0.1, 0.15) is 34.3 Å². The van der Waals surface area contributed by atoms with Gasteiger partial charge in [-0.25, -0.2) is 13.8 Å². The maximum Gasteiger partial charge on any atom is 0.187 e. The number of carbonyl (C=O) groups is 1. The number of rotatable bonds is 5. The molecule has 2 unspecified atom stereocenters. The van der Waals surface area contributed by atoms with Gasteiger partial charge in [-0.1, -0.05) is 29.3 Å². The molecule has 0 aliphatic carbocycles. The van der Waals surface area contributed by atoms with Gasteiger partial charge in [0.05, 0.1) is 15.3 Å². The lowest BCUT2D eigenvalue weighted by Crippen LogP contribution is -2.58. The van der Waals surface area contributed by atoms with Gasteiger partial charge in [-0.15, -0.1) is 0 Å². The third kappa shape index (κ3) is 3.26. The van der Waals surface area contributed by atoms with Gasteiger partial charge in [-0.3, -0.25) is 14.0 Å². The summed E-state index contributed by atoms with van der Waals surface area (Å²) in [6.07, 6.45) is 1.80. The monoisotopic (exact) mass is 499 g/mol. The lowest BCUT2D eigenvalue weighted by molar-refractivity contribution is 0.0988. The number of benzene rings is 1. The number of amidine groups is 1. The van der Waals surface area contributed by atoms with Crippen LogP contribution in [0.25, 0.3) is 0 Å². The number of halogens is 4. The molecule has 0 saturated carbocycles. The maximum atomic E-state index is 15.0. The lowest BCUT2D eigenvalue weighted by atomic mass is 9.85. The van der Waals surface area contributed by atoms with E-state index in [1.807, 2.05) is 0 Å². The van der Waals surface area contributed by atoms with Crippen LogP contribution in [-0.2, 0) is 21.5 Å². The van der Waals surface area contributed by atoms with Gasteiger partial charge in [0, 0.05) is 18.2 Å². The molecule has 2 N–H and O–H groups in total. The highest BCUT2D eigenvalue weighted by atomic mass is 35.5. The second-order valence-electron chi connectivity index (χ2n) is 8.42. The molecule has 10 heteroatoms. The molecule has 1 aromatic heterocycles. The third-order valence-corrected chi connectivity index (χ3v) is 10.6. The Morgan fingerprint density at radius 3 is 2.75 bits per heavy atom. The van der Waals surface area contributed by atoms with Crippen LogP contribution in [-0.4, -0.2) is 43.4 Å². The van der Waals surface area contributed by atoms with Crippen LogP contribution in [0.4, 0.5) is 8.78 Å². The van der Waals surface area contributed by atoms with Crippen molar-refractivity contribution in [2.24, 2.45) is 10.7 Å². The van der Waals surface area contributed by atoms with Gasteiger partial charge in [0.25, 0.3) is 0 Å². The van der Waals surface area contributed by atoms with Gasteiger partial charge < -0.3 is 5.73 Å². The van der Waals surface area contributed by atoms with E-state index < -0.39 is 37.5 Å². The molecule has 4 rings (SSSR count). The van der Waals surface area contributed by atoms with E-state index in [0.717, 1.165) is 0 Å². The second kappa shape index (κ2) is 7.78. The predicted octanol–water partition coefficient (Wildman–Crippen LogP) is 4.13. The molecule has 2 aliphatic heterocycles. The van der Waals surface area contributed by atoms with Crippen molar-refractivity contribution in [3.8, 4) is 0 Å². The zero-order valence-corrected chi connectivity index (χ0v) is 19.5. The smallest absolute Gasteiger partial charge is 0.187 e. The summed E-state index contributed by atoms with van der Waals surface area (Å²) < 4.78 is 41.1. The Hall–Kier alpha value is -2.03. The van der Waals surface area contributed by atoms with Crippen molar-refractivity contribution in [1.82, 2.24) is 4.98 Å². The van der Waals surface area contributed by atoms with Crippen LogP contribution in [0.1, 0.15) is 41.4 Å². The van der Waals surface area contributed by atoms with Crippen LogP contribution in [0.5, 0.6) is 0 Å². The molecule has 0 amide bonds. The van der Waals surface area contributed by atoms with Crippen molar-refractivity contribution in [3.63, 3.8) is 0 Å². The number of hydrogen-bond donors (Lipinski definition) is 1. The first-order valence-electron chi connectivity index (χ1n) is 9.87. The molecular formula is C22H21Cl2F2N3O2S. The molecule has 1 fully saturated rings. The van der Waals surface area contributed by atoms with Crippen molar-refractivity contribution in [1.29, 1.82) is 0 Å². The first-order chi connectivity index (χ1) is 15.0. The summed E-state index contributed by atoms with van der Waals surface area (Å²) >= 11 is 11.9. The number of carbonyl (C=O) groups excluding carboxylic acids is 1. The fraction of sp³-hybridized carbons (Fsp3) is 0.364. The molecule has 170 valence electrons. The Bertz CT molecular complexity index is 1270. The Morgan fingerprint density at radius 1 is 1.38 bits per heavy atom. The van der Waals surface area contributed by atoms with E-state index in [1.54, 1.807) is 6.92 Å². The van der Waals surface area contributed by atoms with E-state index in [4.69, 9.17) is 28.9 Å². The van der Waals surface area contributed by atoms with Crippen LogP contribution in [0.15, 0.2) is 35.5 Å². The highest BCUT2D eigenvalue weighted by Crippen LogP contribution is 2.51. The number of nitrogens with zero attached hydrogens (tertiary/aromatic N) is 2. The number of nitrogens with two attached hydrogens (primary N) is 1. The molecule has 4 atom stereocenters. The molecule has 2 aliphatic rings. The minimum Gasteiger partial charge on any atom is -0.386 e. The van der Waals surface area contributed by atoms with Crippen LogP contribution in [0, 0.1) is 5.82 Å². The molecule has 5 nitrogen and oxygen atoms in total. The maximum absolute atomic E-state index is 15.0. The first kappa shape index (κ1) is 23.1. The quantitative estimate of drug-likeness (QED) is 0.495. The van der Waals surface area contributed by atoms with E-state index in [-0.39, 0.29) is 40.7 Å². The molecule has 1 saturated heterocycles. The van der Waals surface area contributed by atoms with Crippen molar-refractivity contribution in [2.45, 2.75) is 41.7 Å². The fourth-order valence-electron chi connectivity index (χ4n) is 4.80. The van der Waals surface area contributed by atoms with E-state index in [9.17, 15) is 13.4 Å². The molecule has 1 aromatic carbocycles. The minimum absolute atomic E-state index is 0.0531. The van der Waals surface area contributed by atoms with E-state index in [0.29, 0.717) is 17.0 Å². The van der Waals surface area contributed by atoms with Gasteiger partial charge in [0.15, 0.2) is 5.78 Å². The number of Topliss-reactive ketones (excluding diaryl/α,β-unsaturated/α-hetero) is 1. The van der Waals surface area contributed by atoms with E-state index in [1.165, 1.54) is 30.5 Å². The number of aromatic nitrogens is 1. The highest BCUT2D eigenvalue weighted by molar-refractivity contribution is 8.03. The van der Waals surface area contributed by atoms with E-state index in [2.05, 4.69) is 15.8 Å². The summed E-state index contributed by atoms with van der Waals surface area (Å²) in [5.74, 6) is 2.78. The number of pyridine rings is 1. The summed E-state index contributed by atoms with van der Waals surface area (Å²) in [7, 11) is -3.06. The van der Waals surface area contributed by atoms with Gasteiger partial charge >= 0.3 is 0 Å². The summed E-state index contributed by atoms with van der Waals surface area (Å²) in [6.45, 7) is 0.702. The highest BCUT2D eigenvalue weighted by Gasteiger charge is 2.61. The van der Waals surface area contributed by atoms with Crippen LogP contribution < -0.4 is 5.73 Å². The SMILES string of the molecule is C=S1(=O)C2CC[C@]1(CF)C(N)=N[C@]2(C)c1cc(CC(=O)c2ncc(Cl)cc2Cl)ccc1F.